The normalized spacial score (nSPS) is 12.7. The highest BCUT2D eigenvalue weighted by Gasteiger charge is 2.21. The number of hydrogen-bond acceptors (Lipinski definition) is 3. The number of rotatable bonds is 7. The Kier molecular flexibility index (Phi) is 6.80. The molecule has 1 aromatic rings. The number of nitrogens with zero attached hydrogens (tertiary/aromatic N) is 1. The summed E-state index contributed by atoms with van der Waals surface area (Å²) in [5.74, 6) is -0.0133. The summed E-state index contributed by atoms with van der Waals surface area (Å²) in [6.07, 6.45) is 0. The molecule has 1 aromatic carbocycles. The van der Waals surface area contributed by atoms with E-state index in [2.05, 4.69) is 0 Å². The zero-order chi connectivity index (χ0) is 14.4. The van der Waals surface area contributed by atoms with Gasteiger partial charge < -0.3 is 4.74 Å². The molecule has 1 unspecified atom stereocenters. The van der Waals surface area contributed by atoms with Gasteiger partial charge in [0.2, 0.25) is 0 Å². The number of ether oxygens (including phenoxy) is 1. The molecule has 0 aliphatic rings. The van der Waals surface area contributed by atoms with Crippen molar-refractivity contribution in [3.63, 3.8) is 0 Å². The molecule has 0 aliphatic heterocycles. The summed E-state index contributed by atoms with van der Waals surface area (Å²) >= 11 is 11.9. The van der Waals surface area contributed by atoms with E-state index in [0.717, 1.165) is 0 Å². The number of Topliss-reactive ketones (excluding diaryl/α,β-unsaturated/α-hetero) is 1. The van der Waals surface area contributed by atoms with E-state index in [1.54, 1.807) is 18.2 Å². The lowest BCUT2D eigenvalue weighted by molar-refractivity contribution is 0.0789. The Hall–Kier alpha value is -0.610. The Morgan fingerprint density at radius 3 is 2.68 bits per heavy atom. The van der Waals surface area contributed by atoms with Crippen LogP contribution in [0.25, 0.3) is 0 Å². The van der Waals surface area contributed by atoms with Crippen LogP contribution in [-0.4, -0.2) is 43.5 Å². The van der Waals surface area contributed by atoms with Gasteiger partial charge >= 0.3 is 0 Å². The fourth-order valence-corrected chi connectivity index (χ4v) is 2.16. The highest BCUT2D eigenvalue weighted by atomic mass is 35.5. The lowest BCUT2D eigenvalue weighted by atomic mass is 10.0. The lowest BCUT2D eigenvalue weighted by Gasteiger charge is -2.23. The zero-order valence-electron chi connectivity index (χ0n) is 11.5. The molecule has 0 N–H and O–H groups in total. The van der Waals surface area contributed by atoms with E-state index < -0.39 is 0 Å². The first-order chi connectivity index (χ1) is 8.97. The largest absolute Gasteiger partial charge is 0.380 e. The van der Waals surface area contributed by atoms with Crippen LogP contribution >= 0.6 is 23.2 Å². The second-order valence-corrected chi connectivity index (χ2v) is 5.19. The van der Waals surface area contributed by atoms with Crippen LogP contribution in [0.5, 0.6) is 0 Å². The van der Waals surface area contributed by atoms with E-state index in [1.807, 2.05) is 25.8 Å². The van der Waals surface area contributed by atoms with E-state index in [9.17, 15) is 4.79 Å². The molecule has 0 bridgehead atoms. The molecular formula is C14H19Cl2NO2. The predicted molar refractivity (Wildman–Crippen MR) is 79.4 cm³/mol. The Morgan fingerprint density at radius 2 is 2.11 bits per heavy atom. The predicted octanol–water partition coefficient (Wildman–Crippen LogP) is 3.53. The zero-order valence-corrected chi connectivity index (χ0v) is 13.0. The quantitative estimate of drug-likeness (QED) is 0.570. The average Bonchev–Trinajstić information content (AvgIpc) is 2.37. The first-order valence-electron chi connectivity index (χ1n) is 6.24. The average molecular weight is 304 g/mol. The summed E-state index contributed by atoms with van der Waals surface area (Å²) < 4.78 is 5.28. The van der Waals surface area contributed by atoms with Crippen LogP contribution in [0, 0.1) is 0 Å². The molecule has 0 fully saturated rings. The third-order valence-corrected chi connectivity index (χ3v) is 3.58. The van der Waals surface area contributed by atoms with Gasteiger partial charge in [0, 0.05) is 23.7 Å². The third kappa shape index (κ3) is 4.77. The van der Waals surface area contributed by atoms with Crippen molar-refractivity contribution in [2.24, 2.45) is 0 Å². The third-order valence-electron chi connectivity index (χ3n) is 3.03. The van der Waals surface area contributed by atoms with Crippen LogP contribution in [0.4, 0.5) is 0 Å². The minimum atomic E-state index is -0.251. The molecular weight excluding hydrogens is 285 g/mol. The highest BCUT2D eigenvalue weighted by Crippen LogP contribution is 2.22. The summed E-state index contributed by atoms with van der Waals surface area (Å²) in [6.45, 7) is 5.80. The molecule has 3 nitrogen and oxygen atoms in total. The Bertz CT molecular complexity index is 437. The van der Waals surface area contributed by atoms with Crippen molar-refractivity contribution < 1.29 is 9.53 Å². The van der Waals surface area contributed by atoms with Crippen LogP contribution < -0.4 is 0 Å². The Labute approximate surface area is 124 Å². The summed E-state index contributed by atoms with van der Waals surface area (Å²) in [5, 5.41) is 0.918. The molecule has 0 aliphatic carbocycles. The van der Waals surface area contributed by atoms with E-state index in [1.165, 1.54) is 0 Å². The van der Waals surface area contributed by atoms with Crippen molar-refractivity contribution >= 4 is 29.0 Å². The van der Waals surface area contributed by atoms with E-state index in [0.29, 0.717) is 35.4 Å². The molecule has 1 atom stereocenters. The fraction of sp³-hybridized carbons (Fsp3) is 0.500. The van der Waals surface area contributed by atoms with Crippen LogP contribution in [0.1, 0.15) is 24.2 Å². The number of halogens is 2. The highest BCUT2D eigenvalue weighted by molar-refractivity contribution is 6.37. The standard InChI is InChI=1S/C14H19Cl2NO2/c1-4-19-8-7-17(3)10(2)14(18)12-6-5-11(15)9-13(12)16/h5-6,9-10H,4,7-8H2,1-3H3. The van der Waals surface area contributed by atoms with E-state index in [-0.39, 0.29) is 11.8 Å². The number of benzene rings is 1. The molecule has 5 heteroatoms. The molecule has 19 heavy (non-hydrogen) atoms. The number of carbonyl (C=O) groups excluding carboxylic acids is 1. The van der Waals surface area contributed by atoms with Crippen LogP contribution in [0.3, 0.4) is 0 Å². The van der Waals surface area contributed by atoms with Gasteiger partial charge in [-0.1, -0.05) is 23.2 Å². The van der Waals surface area contributed by atoms with E-state index in [4.69, 9.17) is 27.9 Å². The first-order valence-corrected chi connectivity index (χ1v) is 7.00. The van der Waals surface area contributed by atoms with Crippen molar-refractivity contribution in [2.75, 3.05) is 26.8 Å². The van der Waals surface area contributed by atoms with Gasteiger partial charge in [0.05, 0.1) is 17.7 Å². The monoisotopic (exact) mass is 303 g/mol. The minimum Gasteiger partial charge on any atom is -0.380 e. The van der Waals surface area contributed by atoms with Gasteiger partial charge in [-0.3, -0.25) is 9.69 Å². The summed E-state index contributed by atoms with van der Waals surface area (Å²) in [4.78, 5) is 14.3. The summed E-state index contributed by atoms with van der Waals surface area (Å²) in [6, 6.07) is 4.68. The van der Waals surface area contributed by atoms with Gasteiger partial charge in [0.25, 0.3) is 0 Å². The van der Waals surface area contributed by atoms with Gasteiger partial charge in [0.15, 0.2) is 5.78 Å². The molecule has 0 saturated heterocycles. The number of carbonyl (C=O) groups is 1. The van der Waals surface area contributed by atoms with Crippen molar-refractivity contribution in [3.8, 4) is 0 Å². The number of hydrogen-bond donors (Lipinski definition) is 0. The van der Waals surface area contributed by atoms with Crippen molar-refractivity contribution in [1.82, 2.24) is 4.90 Å². The summed E-state index contributed by atoms with van der Waals surface area (Å²) in [5.41, 5.74) is 0.502. The van der Waals surface area contributed by atoms with Crippen LogP contribution in [-0.2, 0) is 4.74 Å². The maximum absolute atomic E-state index is 12.3. The number of likely N-dealkylation sites (N-methyl/N-ethyl adjacent to an activating group) is 1. The Balaban J connectivity index is 2.70. The fourth-order valence-electron chi connectivity index (χ4n) is 1.66. The van der Waals surface area contributed by atoms with Crippen molar-refractivity contribution in [3.05, 3.63) is 33.8 Å². The van der Waals surface area contributed by atoms with Gasteiger partial charge in [0.1, 0.15) is 0 Å². The second kappa shape index (κ2) is 7.85. The molecule has 0 radical (unpaired) electrons. The molecule has 0 spiro atoms. The molecule has 106 valence electrons. The van der Waals surface area contributed by atoms with Crippen LogP contribution in [0.2, 0.25) is 10.0 Å². The van der Waals surface area contributed by atoms with Crippen molar-refractivity contribution in [2.45, 2.75) is 19.9 Å². The Morgan fingerprint density at radius 1 is 1.42 bits per heavy atom. The van der Waals surface area contributed by atoms with Crippen LogP contribution in [0.15, 0.2) is 18.2 Å². The lowest BCUT2D eigenvalue weighted by Crippen LogP contribution is -2.38. The molecule has 1 rings (SSSR count). The summed E-state index contributed by atoms with van der Waals surface area (Å²) in [7, 11) is 1.89. The maximum atomic E-state index is 12.3. The first kappa shape index (κ1) is 16.4. The second-order valence-electron chi connectivity index (χ2n) is 4.34. The molecule has 0 amide bonds. The van der Waals surface area contributed by atoms with Gasteiger partial charge in [-0.2, -0.15) is 0 Å². The smallest absolute Gasteiger partial charge is 0.181 e. The molecule has 0 heterocycles. The van der Waals surface area contributed by atoms with Gasteiger partial charge in [-0.15, -0.1) is 0 Å². The van der Waals surface area contributed by atoms with Gasteiger partial charge in [-0.05, 0) is 39.1 Å². The number of ketones is 1. The molecule has 0 saturated carbocycles. The minimum absolute atomic E-state index is 0.0133. The van der Waals surface area contributed by atoms with E-state index >= 15 is 0 Å². The SMILES string of the molecule is CCOCCN(C)C(C)C(=O)c1ccc(Cl)cc1Cl. The van der Waals surface area contributed by atoms with Crippen molar-refractivity contribution in [1.29, 1.82) is 0 Å². The topological polar surface area (TPSA) is 29.5 Å². The maximum Gasteiger partial charge on any atom is 0.181 e. The van der Waals surface area contributed by atoms with Gasteiger partial charge in [-0.25, -0.2) is 0 Å². The molecule has 0 aromatic heterocycles.